The number of hydrogen-bond donors (Lipinski definition) is 2. The molecule has 32 heavy (non-hydrogen) atoms. The number of unbranched alkanes of at least 4 members (excludes halogenated alkanes) is 1. The first-order valence-corrected chi connectivity index (χ1v) is 12.0. The van der Waals surface area contributed by atoms with Crippen LogP contribution in [0.5, 0.6) is 11.5 Å². The van der Waals surface area contributed by atoms with Crippen LogP contribution in [-0.2, 0) is 9.36 Å². The minimum absolute atomic E-state index is 0. The molecule has 0 radical (unpaired) electrons. The van der Waals surface area contributed by atoms with E-state index in [0.717, 1.165) is 12.8 Å². The van der Waals surface area contributed by atoms with Crippen molar-refractivity contribution in [2.45, 2.75) is 43.9 Å². The zero-order valence-electron chi connectivity index (χ0n) is 17.9. The lowest BCUT2D eigenvalue weighted by atomic mass is 10.1. The number of nitrogens with two attached hydrogens (primary N) is 2. The number of carbonyl (C=O) groups is 1. The third-order valence-corrected chi connectivity index (χ3v) is 7.30. The summed E-state index contributed by atoms with van der Waals surface area (Å²) >= 11 is 0. The van der Waals surface area contributed by atoms with Crippen molar-refractivity contribution in [3.05, 3.63) is 60.7 Å². The van der Waals surface area contributed by atoms with E-state index in [1.54, 1.807) is 53.4 Å². The summed E-state index contributed by atoms with van der Waals surface area (Å²) in [5, 5.41) is 0. The first-order valence-electron chi connectivity index (χ1n) is 10.4. The van der Waals surface area contributed by atoms with Gasteiger partial charge in [0.2, 0.25) is 5.91 Å². The van der Waals surface area contributed by atoms with Crippen LogP contribution in [0.4, 0.5) is 0 Å². The number of hydrogen-bond acceptors (Lipinski definition) is 6. The second kappa shape index (κ2) is 14.0. The molecule has 4 N–H and O–H groups in total. The number of nitrogens with zero attached hydrogens (tertiary/aromatic N) is 1. The predicted octanol–water partition coefficient (Wildman–Crippen LogP) is 4.90. The van der Waals surface area contributed by atoms with Gasteiger partial charge in [-0.2, -0.15) is 0 Å². The molecule has 0 spiro atoms. The lowest BCUT2D eigenvalue weighted by Crippen LogP contribution is -2.46. The minimum Gasteiger partial charge on any atom is -0.415 e. The number of carbonyl (C=O) groups excluding carboxylic acids is 1. The van der Waals surface area contributed by atoms with E-state index >= 15 is 0 Å². The summed E-state index contributed by atoms with van der Waals surface area (Å²) < 4.78 is 25.9. The van der Waals surface area contributed by atoms with Gasteiger partial charge in [-0.15, -0.1) is 34.0 Å². The molecule has 1 amide bonds. The quantitative estimate of drug-likeness (QED) is 0.300. The summed E-state index contributed by atoms with van der Waals surface area (Å²) in [7, 11) is -3.76. The van der Waals surface area contributed by atoms with Crippen molar-refractivity contribution in [3.8, 4) is 11.5 Å². The number of rotatable bonds is 10. The van der Waals surface area contributed by atoms with Gasteiger partial charge in [-0.05, 0) is 56.5 Å². The van der Waals surface area contributed by atoms with Gasteiger partial charge in [0.05, 0.1) is 6.04 Å². The zero-order chi connectivity index (χ0) is 21.4. The molecule has 0 aromatic heterocycles. The fourth-order valence-corrected chi connectivity index (χ4v) is 5.76. The van der Waals surface area contributed by atoms with Gasteiger partial charge in [0.1, 0.15) is 11.5 Å². The fraction of sp³-hybridized carbons (Fsp3) is 0.409. The van der Waals surface area contributed by atoms with Gasteiger partial charge >= 0.3 is 7.60 Å². The van der Waals surface area contributed by atoms with Gasteiger partial charge < -0.3 is 25.4 Å². The van der Waals surface area contributed by atoms with E-state index in [-0.39, 0.29) is 39.9 Å². The van der Waals surface area contributed by atoms with E-state index in [2.05, 4.69) is 0 Å². The van der Waals surface area contributed by atoms with E-state index in [0.29, 0.717) is 43.9 Å². The van der Waals surface area contributed by atoms with Gasteiger partial charge in [0.25, 0.3) is 0 Å². The van der Waals surface area contributed by atoms with Crippen molar-refractivity contribution in [1.29, 1.82) is 0 Å². The first kappa shape index (κ1) is 28.7. The molecule has 0 bridgehead atoms. The smallest absolute Gasteiger partial charge is 0.415 e. The molecule has 0 saturated carbocycles. The van der Waals surface area contributed by atoms with Crippen molar-refractivity contribution in [2.75, 3.05) is 13.1 Å². The van der Waals surface area contributed by atoms with Gasteiger partial charge in [-0.1, -0.05) is 42.8 Å². The van der Waals surface area contributed by atoms with Crippen molar-refractivity contribution in [1.82, 2.24) is 4.90 Å². The highest BCUT2D eigenvalue weighted by molar-refractivity contribution is 8.93. The lowest BCUT2D eigenvalue weighted by Gasteiger charge is -2.32. The fourth-order valence-electron chi connectivity index (χ4n) is 3.58. The molecule has 3 rings (SSSR count). The van der Waals surface area contributed by atoms with Crippen LogP contribution >= 0.6 is 41.6 Å². The zero-order valence-corrected chi connectivity index (χ0v) is 22.2. The van der Waals surface area contributed by atoms with Gasteiger partial charge in [-0.25, -0.2) is 4.57 Å². The Hall–Kier alpha value is -1.38. The number of halogens is 2. The molecule has 1 aliphatic heterocycles. The molecule has 1 heterocycles. The molecule has 2 aromatic rings. The molecule has 7 nitrogen and oxygen atoms in total. The normalized spacial score (nSPS) is 16.4. The molecule has 1 aliphatic rings. The van der Waals surface area contributed by atoms with E-state index in [4.69, 9.17) is 20.5 Å². The molecular weight excluding hydrogens is 561 g/mol. The number of para-hydroxylation sites is 2. The Kier molecular flexibility index (Phi) is 12.5. The summed E-state index contributed by atoms with van der Waals surface area (Å²) in [4.78, 5) is 14.6. The third kappa shape index (κ3) is 7.59. The monoisotopic (exact) mass is 591 g/mol. The highest BCUT2D eigenvalue weighted by atomic mass is 79.9. The van der Waals surface area contributed by atoms with Crippen LogP contribution in [0.3, 0.4) is 0 Å². The van der Waals surface area contributed by atoms with E-state index in [1.807, 2.05) is 12.1 Å². The van der Waals surface area contributed by atoms with E-state index in [9.17, 15) is 9.36 Å². The lowest BCUT2D eigenvalue weighted by molar-refractivity contribution is -0.132. The predicted molar refractivity (Wildman–Crippen MR) is 138 cm³/mol. The average Bonchev–Trinajstić information content (AvgIpc) is 3.25. The second-order valence-electron chi connectivity index (χ2n) is 7.39. The van der Waals surface area contributed by atoms with Crippen molar-refractivity contribution in [2.24, 2.45) is 11.5 Å². The summed E-state index contributed by atoms with van der Waals surface area (Å²) in [6, 6.07) is 17.1. The molecule has 0 unspecified atom stereocenters. The maximum Gasteiger partial charge on any atom is 0.453 e. The number of likely N-dealkylation sites (tertiary alicyclic amines) is 1. The standard InChI is InChI=1S/C22H30N3O4P.2BrH/c23-16-8-7-14-20(24)22(26)25-17-9-15-21(25)30(27,28-18-10-3-1-4-11-18)29-19-12-5-2-6-13-19;;/h1-6,10-13,20-21H,7-9,14-17,23-24H2;2*1H/t20-,21+;;/m0../s1. The van der Waals surface area contributed by atoms with Crippen LogP contribution in [0.2, 0.25) is 0 Å². The van der Waals surface area contributed by atoms with Crippen LogP contribution in [0, 0.1) is 0 Å². The molecule has 1 fully saturated rings. The highest BCUT2D eigenvalue weighted by Gasteiger charge is 2.48. The molecular formula is C22H32Br2N3O4P. The summed E-state index contributed by atoms with van der Waals surface area (Å²) in [5.74, 6) is -0.0411. The van der Waals surface area contributed by atoms with E-state index in [1.165, 1.54) is 0 Å². The van der Waals surface area contributed by atoms with Crippen molar-refractivity contribution >= 4 is 47.5 Å². The Morgan fingerprint density at radius 3 is 2.03 bits per heavy atom. The molecule has 10 heteroatoms. The Morgan fingerprint density at radius 1 is 1.00 bits per heavy atom. The van der Waals surface area contributed by atoms with E-state index < -0.39 is 19.4 Å². The largest absolute Gasteiger partial charge is 0.453 e. The van der Waals surface area contributed by atoms with Gasteiger partial charge in [0.15, 0.2) is 5.78 Å². The molecule has 178 valence electrons. The number of amides is 1. The summed E-state index contributed by atoms with van der Waals surface area (Å²) in [6.45, 7) is 1.05. The Labute approximate surface area is 210 Å². The maximum absolute atomic E-state index is 14.1. The molecule has 1 saturated heterocycles. The highest BCUT2D eigenvalue weighted by Crippen LogP contribution is 2.57. The topological polar surface area (TPSA) is 108 Å². The SMILES string of the molecule is Br.Br.NCCCC[C@H](N)C(=O)N1CCC[C@H]1P(=O)(Oc1ccccc1)Oc1ccccc1. The first-order chi connectivity index (χ1) is 14.5. The van der Waals surface area contributed by atoms with Crippen molar-refractivity contribution < 1.29 is 18.4 Å². The summed E-state index contributed by atoms with van der Waals surface area (Å²) in [6.07, 6.45) is 3.38. The van der Waals surface area contributed by atoms with Crippen LogP contribution in [0.25, 0.3) is 0 Å². The second-order valence-corrected chi connectivity index (χ2v) is 9.43. The maximum atomic E-state index is 14.1. The summed E-state index contributed by atoms with van der Waals surface area (Å²) in [5.41, 5.74) is 11.7. The number of benzene rings is 2. The molecule has 2 atom stereocenters. The van der Waals surface area contributed by atoms with Crippen LogP contribution in [0.15, 0.2) is 60.7 Å². The average molecular weight is 593 g/mol. The van der Waals surface area contributed by atoms with Crippen LogP contribution in [-0.4, -0.2) is 35.7 Å². The Morgan fingerprint density at radius 2 is 1.53 bits per heavy atom. The minimum atomic E-state index is -3.76. The van der Waals surface area contributed by atoms with Crippen LogP contribution < -0.4 is 20.5 Å². The van der Waals surface area contributed by atoms with Crippen LogP contribution in [0.1, 0.15) is 32.1 Å². The molecule has 0 aliphatic carbocycles. The van der Waals surface area contributed by atoms with Crippen molar-refractivity contribution in [3.63, 3.8) is 0 Å². The van der Waals surface area contributed by atoms with Gasteiger partial charge in [-0.3, -0.25) is 4.79 Å². The Balaban J connectivity index is 0.00000256. The van der Waals surface area contributed by atoms with Gasteiger partial charge in [0, 0.05) is 6.54 Å². The Bertz CT molecular complexity index is 815. The molecule has 2 aromatic carbocycles. The third-order valence-electron chi connectivity index (χ3n) is 5.11.